The lowest BCUT2D eigenvalue weighted by atomic mass is 9.94. The predicted molar refractivity (Wildman–Crippen MR) is 65.4 cm³/mol. The summed E-state index contributed by atoms with van der Waals surface area (Å²) in [7, 11) is 0. The molecule has 1 nitrogen and oxygen atoms in total. The van der Waals surface area contributed by atoms with Gasteiger partial charge in [0.2, 0.25) is 0 Å². The first-order valence-corrected chi connectivity index (χ1v) is 5.35. The van der Waals surface area contributed by atoms with Gasteiger partial charge in [-0.1, -0.05) is 6.07 Å². The molecule has 0 N–H and O–H groups in total. The molecule has 15 heavy (non-hydrogen) atoms. The summed E-state index contributed by atoms with van der Waals surface area (Å²) in [5.41, 5.74) is 6.50. The zero-order valence-electron chi connectivity index (χ0n) is 10.1. The van der Waals surface area contributed by atoms with E-state index in [1.807, 2.05) is 6.20 Å². The number of pyridine rings is 1. The maximum atomic E-state index is 4.44. The van der Waals surface area contributed by atoms with Gasteiger partial charge in [-0.3, -0.25) is 4.98 Å². The van der Waals surface area contributed by atoms with Crippen LogP contribution in [0.25, 0.3) is 10.8 Å². The fourth-order valence-corrected chi connectivity index (χ4v) is 2.37. The zero-order chi connectivity index (χ0) is 11.2. The smallest absolute Gasteiger partial charge is 0.0453 e. The molecule has 0 fully saturated rings. The van der Waals surface area contributed by atoms with Crippen LogP contribution in [0.3, 0.4) is 0 Å². The van der Waals surface area contributed by atoms with Gasteiger partial charge in [0.25, 0.3) is 0 Å². The van der Waals surface area contributed by atoms with Crippen LogP contribution >= 0.6 is 0 Å². The van der Waals surface area contributed by atoms with Crippen LogP contribution in [0.2, 0.25) is 0 Å². The van der Waals surface area contributed by atoms with Crippen molar-refractivity contribution in [3.63, 3.8) is 0 Å². The number of hydrogen-bond donors (Lipinski definition) is 0. The molecule has 0 radical (unpaired) electrons. The summed E-state index contributed by atoms with van der Waals surface area (Å²) in [5, 5.41) is 2.72. The van der Waals surface area contributed by atoms with Crippen molar-refractivity contribution < 1.29 is 0 Å². The second kappa shape index (κ2) is 3.34. The van der Waals surface area contributed by atoms with Crippen molar-refractivity contribution in [1.82, 2.24) is 4.98 Å². The van der Waals surface area contributed by atoms with Gasteiger partial charge >= 0.3 is 0 Å². The van der Waals surface area contributed by atoms with E-state index in [4.69, 9.17) is 0 Å². The lowest BCUT2D eigenvalue weighted by molar-refractivity contribution is 1.19. The molecule has 0 saturated heterocycles. The fourth-order valence-electron chi connectivity index (χ4n) is 2.37. The molecule has 2 rings (SSSR count). The zero-order valence-corrected chi connectivity index (χ0v) is 10.1. The molecule has 1 aromatic carbocycles. The molecule has 1 heteroatoms. The number of fused-ring (bicyclic) bond motifs is 1. The van der Waals surface area contributed by atoms with Crippen molar-refractivity contribution in [2.45, 2.75) is 34.6 Å². The van der Waals surface area contributed by atoms with Crippen LogP contribution in [-0.2, 0) is 0 Å². The molecule has 78 valence electrons. The Morgan fingerprint density at radius 3 is 2.13 bits per heavy atom. The van der Waals surface area contributed by atoms with Crippen LogP contribution in [0.1, 0.15) is 27.9 Å². The fraction of sp³-hybridized carbons (Fsp3) is 0.357. The highest BCUT2D eigenvalue weighted by molar-refractivity contribution is 5.93. The highest BCUT2D eigenvalue weighted by Gasteiger charge is 2.09. The molecule has 0 aliphatic carbocycles. The van der Waals surface area contributed by atoms with Gasteiger partial charge in [-0.15, -0.1) is 0 Å². The summed E-state index contributed by atoms with van der Waals surface area (Å²) >= 11 is 0. The molecule has 0 aliphatic rings. The number of aryl methyl sites for hydroxylation is 5. The van der Waals surface area contributed by atoms with Crippen molar-refractivity contribution in [1.29, 1.82) is 0 Å². The van der Waals surface area contributed by atoms with Gasteiger partial charge in [-0.25, -0.2) is 0 Å². The van der Waals surface area contributed by atoms with Gasteiger partial charge in [-0.05, 0) is 62.3 Å². The van der Waals surface area contributed by atoms with Gasteiger partial charge in [0.05, 0.1) is 0 Å². The van der Waals surface area contributed by atoms with Crippen molar-refractivity contribution in [2.24, 2.45) is 0 Å². The van der Waals surface area contributed by atoms with Gasteiger partial charge in [-0.2, -0.15) is 0 Å². The lowest BCUT2D eigenvalue weighted by Crippen LogP contribution is -1.95. The van der Waals surface area contributed by atoms with Crippen LogP contribution < -0.4 is 0 Å². The Morgan fingerprint density at radius 2 is 1.47 bits per heavy atom. The van der Waals surface area contributed by atoms with Crippen molar-refractivity contribution in [3.8, 4) is 0 Å². The van der Waals surface area contributed by atoms with Crippen LogP contribution in [0.15, 0.2) is 12.3 Å². The summed E-state index contributed by atoms with van der Waals surface area (Å²) in [6, 6.07) is 2.26. The lowest BCUT2D eigenvalue weighted by Gasteiger charge is -2.13. The first-order chi connectivity index (χ1) is 7.02. The van der Waals surface area contributed by atoms with Crippen molar-refractivity contribution in [3.05, 3.63) is 40.2 Å². The van der Waals surface area contributed by atoms with Crippen LogP contribution in [-0.4, -0.2) is 4.98 Å². The van der Waals surface area contributed by atoms with Crippen LogP contribution in [0.4, 0.5) is 0 Å². The van der Waals surface area contributed by atoms with Crippen LogP contribution in [0.5, 0.6) is 0 Å². The third-order valence-corrected chi connectivity index (χ3v) is 3.25. The normalized spacial score (nSPS) is 11.0. The Labute approximate surface area is 91.2 Å². The first kappa shape index (κ1) is 10.2. The molecular weight excluding hydrogens is 182 g/mol. The molecule has 0 bridgehead atoms. The van der Waals surface area contributed by atoms with E-state index >= 15 is 0 Å². The molecule has 0 aliphatic heterocycles. The van der Waals surface area contributed by atoms with E-state index < -0.39 is 0 Å². The maximum absolute atomic E-state index is 4.44. The summed E-state index contributed by atoms with van der Waals surface area (Å²) in [6.45, 7) is 10.8. The number of nitrogens with zero attached hydrogens (tertiary/aromatic N) is 1. The van der Waals surface area contributed by atoms with E-state index in [0.717, 1.165) is 5.69 Å². The topological polar surface area (TPSA) is 12.9 Å². The van der Waals surface area contributed by atoms with Gasteiger partial charge in [0.15, 0.2) is 0 Å². The van der Waals surface area contributed by atoms with E-state index in [1.54, 1.807) is 0 Å². The maximum Gasteiger partial charge on any atom is 0.0453 e. The second-order valence-corrected chi connectivity index (χ2v) is 4.41. The molecule has 0 atom stereocenters. The monoisotopic (exact) mass is 199 g/mol. The summed E-state index contributed by atoms with van der Waals surface area (Å²) in [6.07, 6.45) is 1.98. The van der Waals surface area contributed by atoms with Gasteiger partial charge in [0.1, 0.15) is 0 Å². The minimum atomic E-state index is 1.14. The summed E-state index contributed by atoms with van der Waals surface area (Å²) in [4.78, 5) is 4.44. The highest BCUT2D eigenvalue weighted by atomic mass is 14.7. The minimum absolute atomic E-state index is 1.14. The Bertz CT molecular complexity index is 539. The molecular formula is C14H17N. The minimum Gasteiger partial charge on any atom is -0.261 e. The Hall–Kier alpha value is -1.37. The van der Waals surface area contributed by atoms with E-state index in [1.165, 1.54) is 33.0 Å². The molecule has 0 spiro atoms. The quantitative estimate of drug-likeness (QED) is 0.629. The number of aromatic nitrogens is 1. The van der Waals surface area contributed by atoms with Crippen molar-refractivity contribution >= 4 is 10.8 Å². The Morgan fingerprint density at radius 1 is 0.800 bits per heavy atom. The summed E-state index contributed by atoms with van der Waals surface area (Å²) in [5.74, 6) is 0. The SMILES string of the molecule is Cc1cc(C)c2c(C)ncc(C)c2c1C. The average molecular weight is 199 g/mol. The van der Waals surface area contributed by atoms with Gasteiger partial charge < -0.3 is 0 Å². The number of hydrogen-bond acceptors (Lipinski definition) is 1. The predicted octanol–water partition coefficient (Wildman–Crippen LogP) is 3.78. The molecule has 0 saturated carbocycles. The van der Waals surface area contributed by atoms with E-state index in [0.29, 0.717) is 0 Å². The molecule has 1 heterocycles. The van der Waals surface area contributed by atoms with Gasteiger partial charge in [0, 0.05) is 17.3 Å². The summed E-state index contributed by atoms with van der Waals surface area (Å²) < 4.78 is 0. The molecule has 0 unspecified atom stereocenters. The number of rotatable bonds is 0. The third kappa shape index (κ3) is 1.43. The molecule has 1 aromatic heterocycles. The average Bonchev–Trinajstić information content (AvgIpc) is 2.18. The van der Waals surface area contributed by atoms with Crippen molar-refractivity contribution in [2.75, 3.05) is 0 Å². The molecule has 2 aromatic rings. The number of benzene rings is 1. The largest absolute Gasteiger partial charge is 0.261 e. The van der Waals surface area contributed by atoms with E-state index in [-0.39, 0.29) is 0 Å². The first-order valence-electron chi connectivity index (χ1n) is 5.35. The second-order valence-electron chi connectivity index (χ2n) is 4.41. The Kier molecular flexibility index (Phi) is 2.26. The van der Waals surface area contributed by atoms with E-state index in [9.17, 15) is 0 Å². The third-order valence-electron chi connectivity index (χ3n) is 3.25. The van der Waals surface area contributed by atoms with E-state index in [2.05, 4.69) is 45.7 Å². The molecule has 0 amide bonds. The van der Waals surface area contributed by atoms with Crippen LogP contribution in [0, 0.1) is 34.6 Å². The standard InChI is InChI=1S/C14H17N/c1-8-6-9(2)14-12(5)15-7-10(3)13(14)11(8)4/h6-7H,1-5H3. The Balaban J connectivity index is 3.08. The highest BCUT2D eigenvalue weighted by Crippen LogP contribution is 2.29.